The lowest BCUT2D eigenvalue weighted by Crippen LogP contribution is -2.13. The Morgan fingerprint density at radius 2 is 1.65 bits per heavy atom. The van der Waals surface area contributed by atoms with Crippen LogP contribution in [0.5, 0.6) is 17.2 Å². The van der Waals surface area contributed by atoms with Crippen LogP contribution in [0, 0.1) is 0 Å². The van der Waals surface area contributed by atoms with Crippen LogP contribution in [0.1, 0.15) is 10.4 Å². The monoisotopic (exact) mass is 399 g/mol. The first-order valence-corrected chi connectivity index (χ1v) is 7.73. The third kappa shape index (κ3) is 3.89. The highest BCUT2D eigenvalue weighted by Crippen LogP contribution is 2.38. The normalized spacial score (nSPS) is 10.1. The van der Waals surface area contributed by atoms with Gasteiger partial charge in [0.1, 0.15) is 0 Å². The van der Waals surface area contributed by atoms with E-state index in [2.05, 4.69) is 21.2 Å². The SMILES string of the molecule is COc1cc(C(=O)Nc2ccc(Br)cc2Cl)cc(OC)c1OC. The molecular weight excluding hydrogens is 386 g/mol. The van der Waals surface area contributed by atoms with Gasteiger partial charge in [-0.05, 0) is 30.3 Å². The summed E-state index contributed by atoms with van der Waals surface area (Å²) in [6.07, 6.45) is 0. The zero-order chi connectivity index (χ0) is 17.0. The third-order valence-electron chi connectivity index (χ3n) is 3.11. The molecule has 0 spiro atoms. The maximum Gasteiger partial charge on any atom is 0.255 e. The molecule has 1 N–H and O–H groups in total. The Morgan fingerprint density at radius 1 is 1.04 bits per heavy atom. The molecule has 7 heteroatoms. The van der Waals surface area contributed by atoms with Crippen LogP contribution in [0.4, 0.5) is 5.69 Å². The predicted molar refractivity (Wildman–Crippen MR) is 93.2 cm³/mol. The van der Waals surface area contributed by atoms with E-state index in [1.807, 2.05) is 0 Å². The molecule has 23 heavy (non-hydrogen) atoms. The minimum absolute atomic E-state index is 0.339. The van der Waals surface area contributed by atoms with Crippen LogP contribution in [-0.4, -0.2) is 27.2 Å². The molecule has 0 atom stereocenters. The summed E-state index contributed by atoms with van der Waals surface area (Å²) in [5.74, 6) is 0.888. The van der Waals surface area contributed by atoms with E-state index in [0.29, 0.717) is 33.5 Å². The second kappa shape index (κ2) is 7.57. The Hall–Kier alpha value is -1.92. The molecule has 0 aromatic heterocycles. The lowest BCUT2D eigenvalue weighted by molar-refractivity contribution is 0.102. The van der Waals surface area contributed by atoms with Gasteiger partial charge < -0.3 is 19.5 Å². The number of hydrogen-bond acceptors (Lipinski definition) is 4. The maximum absolute atomic E-state index is 12.5. The van der Waals surface area contributed by atoms with Crippen LogP contribution in [0.2, 0.25) is 5.02 Å². The fraction of sp³-hybridized carbons (Fsp3) is 0.188. The van der Waals surface area contributed by atoms with E-state index in [1.165, 1.54) is 21.3 Å². The van der Waals surface area contributed by atoms with Crippen LogP contribution in [0.15, 0.2) is 34.8 Å². The number of ether oxygens (including phenoxy) is 3. The molecule has 0 heterocycles. The van der Waals surface area contributed by atoms with Crippen molar-refractivity contribution in [2.75, 3.05) is 26.6 Å². The third-order valence-corrected chi connectivity index (χ3v) is 3.91. The van der Waals surface area contributed by atoms with E-state index in [0.717, 1.165) is 4.47 Å². The van der Waals surface area contributed by atoms with E-state index >= 15 is 0 Å². The zero-order valence-corrected chi connectivity index (χ0v) is 15.1. The number of methoxy groups -OCH3 is 3. The van der Waals surface area contributed by atoms with Gasteiger partial charge >= 0.3 is 0 Å². The predicted octanol–water partition coefficient (Wildman–Crippen LogP) is 4.38. The molecule has 0 bridgehead atoms. The molecule has 0 saturated carbocycles. The fourth-order valence-electron chi connectivity index (χ4n) is 2.00. The summed E-state index contributed by atoms with van der Waals surface area (Å²) in [6, 6.07) is 8.35. The average Bonchev–Trinajstić information content (AvgIpc) is 2.55. The Balaban J connectivity index is 2.35. The minimum Gasteiger partial charge on any atom is -0.493 e. The first kappa shape index (κ1) is 17.4. The molecule has 5 nitrogen and oxygen atoms in total. The molecule has 122 valence electrons. The van der Waals surface area contributed by atoms with Gasteiger partial charge in [0.25, 0.3) is 5.91 Å². The lowest BCUT2D eigenvalue weighted by Gasteiger charge is -2.14. The van der Waals surface area contributed by atoms with Gasteiger partial charge in [0, 0.05) is 10.0 Å². The molecule has 0 radical (unpaired) electrons. The number of hydrogen-bond donors (Lipinski definition) is 1. The smallest absolute Gasteiger partial charge is 0.255 e. The number of carbonyl (C=O) groups is 1. The molecule has 2 aromatic rings. The summed E-state index contributed by atoms with van der Waals surface area (Å²) in [7, 11) is 4.48. The number of halogens is 2. The summed E-state index contributed by atoms with van der Waals surface area (Å²) in [5, 5.41) is 3.18. The summed E-state index contributed by atoms with van der Waals surface area (Å²) < 4.78 is 16.5. The van der Waals surface area contributed by atoms with Gasteiger partial charge in [0.05, 0.1) is 32.0 Å². The topological polar surface area (TPSA) is 56.8 Å². The molecule has 0 fully saturated rings. The van der Waals surface area contributed by atoms with Crippen LogP contribution in [0.25, 0.3) is 0 Å². The van der Waals surface area contributed by atoms with Crippen molar-refractivity contribution < 1.29 is 19.0 Å². The number of amides is 1. The molecule has 1 amide bonds. The van der Waals surface area contributed by atoms with E-state index in [1.54, 1.807) is 30.3 Å². The first-order valence-electron chi connectivity index (χ1n) is 6.56. The van der Waals surface area contributed by atoms with E-state index < -0.39 is 0 Å². The van der Waals surface area contributed by atoms with E-state index in [9.17, 15) is 4.79 Å². The van der Waals surface area contributed by atoms with Crippen molar-refractivity contribution in [1.82, 2.24) is 0 Å². The second-order valence-corrected chi connectivity index (χ2v) is 5.82. The molecular formula is C16H15BrClNO4. The first-order chi connectivity index (χ1) is 11.0. The highest BCUT2D eigenvalue weighted by molar-refractivity contribution is 9.10. The average molecular weight is 401 g/mol. The number of benzene rings is 2. The molecule has 2 rings (SSSR count). The molecule has 0 aliphatic heterocycles. The van der Waals surface area contributed by atoms with Gasteiger partial charge in [-0.2, -0.15) is 0 Å². The Morgan fingerprint density at radius 3 is 2.13 bits per heavy atom. The van der Waals surface area contributed by atoms with Crippen molar-refractivity contribution in [2.45, 2.75) is 0 Å². The summed E-state index contributed by atoms with van der Waals surface area (Å²) in [6.45, 7) is 0. The van der Waals surface area contributed by atoms with Gasteiger partial charge in [0.2, 0.25) is 5.75 Å². The Kier molecular flexibility index (Phi) is 5.74. The van der Waals surface area contributed by atoms with Gasteiger partial charge in [-0.25, -0.2) is 0 Å². The van der Waals surface area contributed by atoms with Crippen LogP contribution >= 0.6 is 27.5 Å². The summed E-state index contributed by atoms with van der Waals surface area (Å²) in [4.78, 5) is 12.5. The van der Waals surface area contributed by atoms with E-state index in [4.69, 9.17) is 25.8 Å². The van der Waals surface area contributed by atoms with Crippen LogP contribution in [0.3, 0.4) is 0 Å². The Bertz CT molecular complexity index is 711. The quantitative estimate of drug-likeness (QED) is 0.809. The maximum atomic E-state index is 12.5. The molecule has 0 aliphatic carbocycles. The van der Waals surface area contributed by atoms with Crippen LogP contribution < -0.4 is 19.5 Å². The standard InChI is InChI=1S/C16H15BrClNO4/c1-21-13-6-9(7-14(22-2)15(13)23-3)16(20)19-12-5-4-10(17)8-11(12)18/h4-8H,1-3H3,(H,19,20). The van der Waals surface area contributed by atoms with Gasteiger partial charge in [-0.3, -0.25) is 4.79 Å². The van der Waals surface area contributed by atoms with Gasteiger partial charge in [-0.15, -0.1) is 0 Å². The van der Waals surface area contributed by atoms with Crippen molar-refractivity contribution in [3.63, 3.8) is 0 Å². The molecule has 0 aliphatic rings. The number of rotatable bonds is 5. The Labute approximate surface area is 147 Å². The van der Waals surface area contributed by atoms with E-state index in [-0.39, 0.29) is 5.91 Å². The van der Waals surface area contributed by atoms with Crippen molar-refractivity contribution in [2.24, 2.45) is 0 Å². The van der Waals surface area contributed by atoms with Crippen molar-refractivity contribution in [3.05, 3.63) is 45.4 Å². The number of nitrogens with one attached hydrogen (secondary N) is 1. The largest absolute Gasteiger partial charge is 0.493 e. The molecule has 2 aromatic carbocycles. The highest BCUT2D eigenvalue weighted by atomic mass is 79.9. The van der Waals surface area contributed by atoms with Crippen molar-refractivity contribution in [3.8, 4) is 17.2 Å². The summed E-state index contributed by atoms with van der Waals surface area (Å²) in [5.41, 5.74) is 0.868. The zero-order valence-electron chi connectivity index (χ0n) is 12.8. The fourth-order valence-corrected chi connectivity index (χ4v) is 2.72. The lowest BCUT2D eigenvalue weighted by atomic mass is 10.1. The van der Waals surface area contributed by atoms with Gasteiger partial charge in [-0.1, -0.05) is 27.5 Å². The van der Waals surface area contributed by atoms with Crippen molar-refractivity contribution >= 4 is 39.1 Å². The van der Waals surface area contributed by atoms with Gasteiger partial charge in [0.15, 0.2) is 11.5 Å². The summed E-state index contributed by atoms with van der Waals surface area (Å²) >= 11 is 9.43. The van der Waals surface area contributed by atoms with Crippen LogP contribution in [-0.2, 0) is 0 Å². The van der Waals surface area contributed by atoms with Crippen molar-refractivity contribution in [1.29, 1.82) is 0 Å². The number of anilines is 1. The molecule has 0 saturated heterocycles. The molecule has 0 unspecified atom stereocenters. The second-order valence-electron chi connectivity index (χ2n) is 4.49. The number of carbonyl (C=O) groups excluding carboxylic acids is 1. The highest BCUT2D eigenvalue weighted by Gasteiger charge is 2.17. The minimum atomic E-state index is -0.339.